The minimum Gasteiger partial charge on any atom is -0.465 e. The van der Waals surface area contributed by atoms with Gasteiger partial charge in [0.1, 0.15) is 11.6 Å². The maximum absolute atomic E-state index is 11.5. The monoisotopic (exact) mass is 302 g/mol. The lowest BCUT2D eigenvalue weighted by molar-refractivity contribution is -0.145. The van der Waals surface area contributed by atoms with Crippen LogP contribution in [0.1, 0.15) is 61.9 Å². The largest absolute Gasteiger partial charge is 0.465 e. The minimum atomic E-state index is -0.447. The third kappa shape index (κ3) is 3.38. The van der Waals surface area contributed by atoms with Crippen molar-refractivity contribution in [1.29, 1.82) is 5.26 Å². The maximum atomic E-state index is 11.5. The molecule has 0 N–H and O–H groups in total. The van der Waals surface area contributed by atoms with Gasteiger partial charge < -0.3 is 9.47 Å². The highest BCUT2D eigenvalue weighted by atomic mass is 16.6. The third-order valence-corrected chi connectivity index (χ3v) is 3.81. The topological polar surface area (TPSA) is 72.2 Å². The van der Waals surface area contributed by atoms with Crippen LogP contribution in [0.15, 0.2) is 0 Å². The second-order valence-electron chi connectivity index (χ2n) is 5.70. The Kier molecular flexibility index (Phi) is 5.37. The van der Waals surface area contributed by atoms with E-state index >= 15 is 0 Å². The molecule has 0 amide bonds. The normalized spacial score (nSPS) is 13.4. The molecule has 118 valence electrons. The smallest absolute Gasteiger partial charge is 0.344 e. The van der Waals surface area contributed by atoms with Gasteiger partial charge in [-0.15, -0.1) is 0 Å². The van der Waals surface area contributed by atoms with Crippen LogP contribution in [0.4, 0.5) is 0 Å². The summed E-state index contributed by atoms with van der Waals surface area (Å²) in [5, 5.41) is 9.49. The molecule has 22 heavy (non-hydrogen) atoms. The number of pyridine rings is 1. The lowest BCUT2D eigenvalue weighted by Crippen LogP contribution is -2.18. The third-order valence-electron chi connectivity index (χ3n) is 3.81. The molecule has 1 aliphatic rings. The first kappa shape index (κ1) is 16.3. The molecule has 0 saturated heterocycles. The molecule has 1 aromatic heterocycles. The molecule has 0 fully saturated rings. The summed E-state index contributed by atoms with van der Waals surface area (Å²) in [5.74, 6) is 0.0708. The van der Waals surface area contributed by atoms with E-state index in [0.29, 0.717) is 12.2 Å². The molecule has 0 atom stereocenters. The van der Waals surface area contributed by atoms with E-state index in [1.807, 2.05) is 0 Å². The maximum Gasteiger partial charge on any atom is 0.344 e. The van der Waals surface area contributed by atoms with Gasteiger partial charge in [-0.2, -0.15) is 5.26 Å². The molecule has 0 aliphatic heterocycles. The fourth-order valence-corrected chi connectivity index (χ4v) is 2.85. The molecule has 0 spiro atoms. The average Bonchev–Trinajstić information content (AvgIpc) is 2.51. The molecular formula is C17H22N2O3. The van der Waals surface area contributed by atoms with Crippen LogP contribution in [0.25, 0.3) is 0 Å². The van der Waals surface area contributed by atoms with Gasteiger partial charge in [-0.05, 0) is 49.7 Å². The summed E-state index contributed by atoms with van der Waals surface area (Å²) in [7, 11) is 0. The highest BCUT2D eigenvalue weighted by Gasteiger charge is 2.24. The van der Waals surface area contributed by atoms with Crippen molar-refractivity contribution in [3.05, 3.63) is 22.4 Å². The first-order valence-corrected chi connectivity index (χ1v) is 7.82. The highest BCUT2D eigenvalue weighted by Crippen LogP contribution is 2.34. The summed E-state index contributed by atoms with van der Waals surface area (Å²) in [5.41, 5.74) is 3.70. The first-order chi connectivity index (χ1) is 10.6. The van der Waals surface area contributed by atoms with Gasteiger partial charge in [-0.3, -0.25) is 0 Å². The number of hydrogen-bond acceptors (Lipinski definition) is 5. The van der Waals surface area contributed by atoms with Gasteiger partial charge in [0.15, 0.2) is 6.61 Å². The SMILES string of the molecule is CCOC(=O)COc1nc(C(C)C)c2c(c1C#N)CCCC2. The standard InChI is InChI=1S/C17H22N2O3/c1-4-21-15(20)10-22-17-14(9-18)12-7-5-6-8-13(12)16(19-17)11(2)3/h11H,4-8,10H2,1-3H3. The molecule has 1 heterocycles. The lowest BCUT2D eigenvalue weighted by Gasteiger charge is -2.23. The van der Waals surface area contributed by atoms with Gasteiger partial charge in [-0.25, -0.2) is 9.78 Å². The minimum absolute atomic E-state index is 0.216. The van der Waals surface area contributed by atoms with E-state index in [0.717, 1.165) is 36.9 Å². The van der Waals surface area contributed by atoms with Crippen LogP contribution >= 0.6 is 0 Å². The Morgan fingerprint density at radius 3 is 2.59 bits per heavy atom. The van der Waals surface area contributed by atoms with Crippen molar-refractivity contribution in [3.8, 4) is 11.9 Å². The van der Waals surface area contributed by atoms with E-state index in [2.05, 4.69) is 24.9 Å². The van der Waals surface area contributed by atoms with Crippen molar-refractivity contribution in [2.75, 3.05) is 13.2 Å². The molecule has 1 aromatic rings. The van der Waals surface area contributed by atoms with Gasteiger partial charge in [0.25, 0.3) is 0 Å². The first-order valence-electron chi connectivity index (χ1n) is 7.82. The van der Waals surface area contributed by atoms with Crippen LogP contribution in [0.5, 0.6) is 5.88 Å². The van der Waals surface area contributed by atoms with Crippen LogP contribution < -0.4 is 4.74 Å². The number of carbonyl (C=O) groups is 1. The van der Waals surface area contributed by atoms with E-state index in [4.69, 9.17) is 9.47 Å². The number of aromatic nitrogens is 1. The van der Waals surface area contributed by atoms with Crippen LogP contribution in [-0.4, -0.2) is 24.2 Å². The number of carbonyl (C=O) groups excluding carboxylic acids is 1. The predicted octanol–water partition coefficient (Wildman–Crippen LogP) is 2.90. The molecule has 0 aromatic carbocycles. The number of nitriles is 1. The van der Waals surface area contributed by atoms with Crippen LogP contribution in [0.2, 0.25) is 0 Å². The van der Waals surface area contributed by atoms with Gasteiger partial charge >= 0.3 is 5.97 Å². The summed E-state index contributed by atoms with van der Waals surface area (Å²) in [6.45, 7) is 6.00. The number of esters is 1. The number of nitrogens with zero attached hydrogens (tertiary/aromatic N) is 2. The predicted molar refractivity (Wildman–Crippen MR) is 81.8 cm³/mol. The second-order valence-corrected chi connectivity index (χ2v) is 5.70. The highest BCUT2D eigenvalue weighted by molar-refractivity contribution is 5.71. The molecular weight excluding hydrogens is 280 g/mol. The Labute approximate surface area is 131 Å². The van der Waals surface area contributed by atoms with Crippen LogP contribution in [0, 0.1) is 11.3 Å². The molecule has 1 aliphatic carbocycles. The Bertz CT molecular complexity index is 603. The van der Waals surface area contributed by atoms with Gasteiger partial charge in [0, 0.05) is 0 Å². The van der Waals surface area contributed by atoms with E-state index in [9.17, 15) is 10.1 Å². The second kappa shape index (κ2) is 7.26. The van der Waals surface area contributed by atoms with Crippen molar-refractivity contribution in [2.24, 2.45) is 0 Å². The Morgan fingerprint density at radius 1 is 1.32 bits per heavy atom. The van der Waals surface area contributed by atoms with Crippen LogP contribution in [-0.2, 0) is 22.4 Å². The van der Waals surface area contributed by atoms with Crippen molar-refractivity contribution in [1.82, 2.24) is 4.98 Å². The summed E-state index contributed by atoms with van der Waals surface area (Å²) < 4.78 is 10.3. The fraction of sp³-hybridized carbons (Fsp3) is 0.588. The zero-order valence-corrected chi connectivity index (χ0v) is 13.4. The Morgan fingerprint density at radius 2 is 2.00 bits per heavy atom. The number of ether oxygens (including phenoxy) is 2. The summed E-state index contributed by atoms with van der Waals surface area (Å²) in [6.07, 6.45) is 4.03. The average molecular weight is 302 g/mol. The molecule has 2 rings (SSSR count). The summed E-state index contributed by atoms with van der Waals surface area (Å²) in [6, 6.07) is 2.21. The molecule has 5 heteroatoms. The van der Waals surface area contributed by atoms with Crippen molar-refractivity contribution < 1.29 is 14.3 Å². The number of rotatable bonds is 5. The Hall–Kier alpha value is -2.09. The molecule has 0 bridgehead atoms. The summed E-state index contributed by atoms with van der Waals surface area (Å²) in [4.78, 5) is 16.0. The van der Waals surface area contributed by atoms with E-state index in [-0.39, 0.29) is 18.4 Å². The van der Waals surface area contributed by atoms with Crippen molar-refractivity contribution >= 4 is 5.97 Å². The molecule has 0 radical (unpaired) electrons. The quantitative estimate of drug-likeness (QED) is 0.782. The van der Waals surface area contributed by atoms with E-state index in [1.54, 1.807) is 6.92 Å². The molecule has 0 unspecified atom stereocenters. The molecule has 5 nitrogen and oxygen atoms in total. The van der Waals surface area contributed by atoms with Crippen LogP contribution in [0.3, 0.4) is 0 Å². The lowest BCUT2D eigenvalue weighted by atomic mass is 9.85. The van der Waals surface area contributed by atoms with Crippen molar-refractivity contribution in [2.45, 2.75) is 52.4 Å². The van der Waals surface area contributed by atoms with Crippen molar-refractivity contribution in [3.63, 3.8) is 0 Å². The molecule has 0 saturated carbocycles. The number of hydrogen-bond donors (Lipinski definition) is 0. The Balaban J connectivity index is 2.38. The summed E-state index contributed by atoms with van der Waals surface area (Å²) >= 11 is 0. The fourth-order valence-electron chi connectivity index (χ4n) is 2.85. The van der Waals surface area contributed by atoms with Gasteiger partial charge in [0.05, 0.1) is 12.3 Å². The number of fused-ring (bicyclic) bond motifs is 1. The zero-order valence-electron chi connectivity index (χ0n) is 13.4. The van der Waals surface area contributed by atoms with Gasteiger partial charge in [-0.1, -0.05) is 13.8 Å². The van der Waals surface area contributed by atoms with E-state index in [1.165, 1.54) is 5.56 Å². The zero-order chi connectivity index (χ0) is 16.1. The van der Waals surface area contributed by atoms with E-state index < -0.39 is 5.97 Å². The van der Waals surface area contributed by atoms with Gasteiger partial charge in [0.2, 0.25) is 5.88 Å².